The van der Waals surface area contributed by atoms with Gasteiger partial charge in [-0.3, -0.25) is 0 Å². The number of hydrogen-bond acceptors (Lipinski definition) is 5. The molecule has 1 N–H and O–H groups in total. The maximum atomic E-state index is 12.2. The molecule has 0 spiro atoms. The van der Waals surface area contributed by atoms with Crippen LogP contribution in [0.5, 0.6) is 0 Å². The summed E-state index contributed by atoms with van der Waals surface area (Å²) in [5, 5.41) is 0.537. The van der Waals surface area contributed by atoms with Crippen molar-refractivity contribution in [3.63, 3.8) is 0 Å². The van der Waals surface area contributed by atoms with E-state index >= 15 is 0 Å². The van der Waals surface area contributed by atoms with Crippen molar-refractivity contribution in [2.45, 2.75) is 11.4 Å². The number of hydrogen-bond donors (Lipinski definition) is 1. The Kier molecular flexibility index (Phi) is 3.36. The summed E-state index contributed by atoms with van der Waals surface area (Å²) in [6, 6.07) is 10.4. The van der Waals surface area contributed by atoms with Gasteiger partial charge < -0.3 is 8.83 Å². The Morgan fingerprint density at radius 1 is 1.10 bits per heavy atom. The smallest absolute Gasteiger partial charge is 0.336 e. The van der Waals surface area contributed by atoms with Gasteiger partial charge in [0.25, 0.3) is 0 Å². The Morgan fingerprint density at radius 3 is 2.71 bits per heavy atom. The van der Waals surface area contributed by atoms with Gasteiger partial charge >= 0.3 is 5.63 Å². The van der Waals surface area contributed by atoms with E-state index in [1.165, 1.54) is 36.6 Å². The summed E-state index contributed by atoms with van der Waals surface area (Å²) < 4.78 is 36.9. The van der Waals surface area contributed by atoms with E-state index in [2.05, 4.69) is 4.72 Å². The van der Waals surface area contributed by atoms with Gasteiger partial charge in [0.2, 0.25) is 10.0 Å². The van der Waals surface area contributed by atoms with Crippen LogP contribution in [0.3, 0.4) is 0 Å². The number of nitrogens with one attached hydrogen (secondary N) is 1. The zero-order valence-corrected chi connectivity index (χ0v) is 11.6. The summed E-state index contributed by atoms with van der Waals surface area (Å²) >= 11 is 0. The Bertz CT molecular complexity index is 925. The van der Waals surface area contributed by atoms with E-state index in [1.807, 2.05) is 0 Å². The lowest BCUT2D eigenvalue weighted by molar-refractivity contribution is 0.498. The molecule has 3 aromatic rings. The normalized spacial score (nSPS) is 11.8. The second kappa shape index (κ2) is 5.19. The Balaban J connectivity index is 1.91. The average molecular weight is 305 g/mol. The first kappa shape index (κ1) is 13.6. The van der Waals surface area contributed by atoms with Crippen molar-refractivity contribution in [1.29, 1.82) is 0 Å². The Morgan fingerprint density at radius 2 is 1.95 bits per heavy atom. The lowest BCUT2D eigenvalue weighted by Gasteiger charge is -2.06. The monoisotopic (exact) mass is 305 g/mol. The zero-order chi connectivity index (χ0) is 14.9. The molecular weight excluding hydrogens is 294 g/mol. The second-order valence-corrected chi connectivity index (χ2v) is 6.12. The molecule has 0 atom stereocenters. The summed E-state index contributed by atoms with van der Waals surface area (Å²) in [4.78, 5) is 11.2. The predicted molar refractivity (Wildman–Crippen MR) is 75.2 cm³/mol. The first-order valence-corrected chi connectivity index (χ1v) is 7.59. The Labute approximate surface area is 120 Å². The maximum absolute atomic E-state index is 12.2. The molecule has 0 saturated heterocycles. The van der Waals surface area contributed by atoms with Gasteiger partial charge in [-0.2, -0.15) is 0 Å². The van der Waals surface area contributed by atoms with Gasteiger partial charge in [-0.1, -0.05) is 0 Å². The SMILES string of the molecule is O=c1ccc2cc(S(=O)(=O)NCc3ccco3)ccc2o1. The molecule has 21 heavy (non-hydrogen) atoms. The lowest BCUT2D eigenvalue weighted by Crippen LogP contribution is -2.22. The number of fused-ring (bicyclic) bond motifs is 1. The highest BCUT2D eigenvalue weighted by molar-refractivity contribution is 7.89. The highest BCUT2D eigenvalue weighted by Gasteiger charge is 2.15. The average Bonchev–Trinajstić information content (AvgIpc) is 2.98. The molecule has 0 aliphatic carbocycles. The van der Waals surface area contributed by atoms with Crippen LogP contribution in [0, 0.1) is 0 Å². The first-order valence-electron chi connectivity index (χ1n) is 6.10. The van der Waals surface area contributed by atoms with Crippen LogP contribution in [0.15, 0.2) is 67.3 Å². The maximum Gasteiger partial charge on any atom is 0.336 e. The third-order valence-corrected chi connectivity index (χ3v) is 4.32. The van der Waals surface area contributed by atoms with Crippen molar-refractivity contribution in [2.24, 2.45) is 0 Å². The third-order valence-electron chi connectivity index (χ3n) is 2.92. The molecular formula is C14H11NO5S. The van der Waals surface area contributed by atoms with Gasteiger partial charge in [0.05, 0.1) is 17.7 Å². The predicted octanol–water partition coefficient (Wildman–Crippen LogP) is 1.86. The van der Waals surface area contributed by atoms with Gasteiger partial charge in [0, 0.05) is 11.5 Å². The molecule has 108 valence electrons. The second-order valence-electron chi connectivity index (χ2n) is 4.36. The summed E-state index contributed by atoms with van der Waals surface area (Å²) in [6.07, 6.45) is 1.47. The molecule has 0 saturated carbocycles. The van der Waals surface area contributed by atoms with E-state index in [1.54, 1.807) is 12.1 Å². The highest BCUT2D eigenvalue weighted by Crippen LogP contribution is 2.18. The van der Waals surface area contributed by atoms with Crippen LogP contribution in [-0.4, -0.2) is 8.42 Å². The largest absolute Gasteiger partial charge is 0.468 e. The quantitative estimate of drug-likeness (QED) is 0.743. The molecule has 0 fully saturated rings. The van der Waals surface area contributed by atoms with Gasteiger partial charge in [-0.05, 0) is 36.4 Å². The molecule has 1 aromatic carbocycles. The van der Waals surface area contributed by atoms with Crippen molar-refractivity contribution in [2.75, 3.05) is 0 Å². The molecule has 0 aliphatic heterocycles. The van der Waals surface area contributed by atoms with Crippen LogP contribution >= 0.6 is 0 Å². The van der Waals surface area contributed by atoms with Crippen molar-refractivity contribution in [3.05, 3.63) is 64.9 Å². The molecule has 2 heterocycles. The van der Waals surface area contributed by atoms with Crippen LogP contribution in [-0.2, 0) is 16.6 Å². The van der Waals surface area contributed by atoms with E-state index < -0.39 is 15.6 Å². The fourth-order valence-electron chi connectivity index (χ4n) is 1.88. The molecule has 0 amide bonds. The zero-order valence-electron chi connectivity index (χ0n) is 10.8. The van der Waals surface area contributed by atoms with Gasteiger partial charge in [-0.15, -0.1) is 0 Å². The van der Waals surface area contributed by atoms with Crippen LogP contribution < -0.4 is 10.3 Å². The van der Waals surface area contributed by atoms with E-state index in [4.69, 9.17) is 8.83 Å². The molecule has 0 radical (unpaired) electrons. The van der Waals surface area contributed by atoms with Crippen molar-refractivity contribution < 1.29 is 17.3 Å². The number of sulfonamides is 1. The van der Waals surface area contributed by atoms with Crippen molar-refractivity contribution in [1.82, 2.24) is 4.72 Å². The number of benzene rings is 1. The Hall–Kier alpha value is -2.38. The molecule has 6 nitrogen and oxygen atoms in total. The minimum Gasteiger partial charge on any atom is -0.468 e. The van der Waals surface area contributed by atoms with E-state index in [0.717, 1.165) is 0 Å². The van der Waals surface area contributed by atoms with Crippen LogP contribution in [0.2, 0.25) is 0 Å². The van der Waals surface area contributed by atoms with Gasteiger partial charge in [0.1, 0.15) is 11.3 Å². The molecule has 0 bridgehead atoms. The summed E-state index contributed by atoms with van der Waals surface area (Å²) in [5.74, 6) is 0.519. The molecule has 3 rings (SSSR count). The summed E-state index contributed by atoms with van der Waals surface area (Å²) in [5.41, 5.74) is -0.137. The van der Waals surface area contributed by atoms with Crippen LogP contribution in [0.25, 0.3) is 11.0 Å². The summed E-state index contributed by atoms with van der Waals surface area (Å²) in [7, 11) is -3.67. The van der Waals surface area contributed by atoms with Gasteiger partial charge in [-0.25, -0.2) is 17.9 Å². The highest BCUT2D eigenvalue weighted by atomic mass is 32.2. The topological polar surface area (TPSA) is 89.5 Å². The van der Waals surface area contributed by atoms with Crippen molar-refractivity contribution >= 4 is 21.0 Å². The fourth-order valence-corrected chi connectivity index (χ4v) is 2.91. The minimum absolute atomic E-state index is 0.0667. The first-order chi connectivity index (χ1) is 10.0. The van der Waals surface area contributed by atoms with Crippen LogP contribution in [0.1, 0.15) is 5.76 Å². The number of rotatable bonds is 4. The van der Waals surface area contributed by atoms with Crippen LogP contribution in [0.4, 0.5) is 0 Å². The molecule has 2 aromatic heterocycles. The lowest BCUT2D eigenvalue weighted by atomic mass is 10.2. The summed E-state index contributed by atoms with van der Waals surface area (Å²) in [6.45, 7) is 0.0667. The molecule has 7 heteroatoms. The third kappa shape index (κ3) is 2.88. The van der Waals surface area contributed by atoms with E-state index in [-0.39, 0.29) is 11.4 Å². The van der Waals surface area contributed by atoms with E-state index in [9.17, 15) is 13.2 Å². The van der Waals surface area contributed by atoms with E-state index in [0.29, 0.717) is 16.7 Å². The number of furan rings is 1. The minimum atomic E-state index is -3.67. The van der Waals surface area contributed by atoms with Crippen molar-refractivity contribution in [3.8, 4) is 0 Å². The standard InChI is InChI=1S/C14H11NO5S/c16-14-6-3-10-8-12(4-5-13(10)20-14)21(17,18)15-9-11-2-1-7-19-11/h1-8,15H,9H2. The van der Waals surface area contributed by atoms with Gasteiger partial charge in [0.15, 0.2) is 0 Å². The molecule has 0 aliphatic rings. The molecule has 0 unspecified atom stereocenters. The fraction of sp³-hybridized carbons (Fsp3) is 0.0714.